The van der Waals surface area contributed by atoms with Crippen LogP contribution in [-0.4, -0.2) is 34.7 Å². The minimum atomic E-state index is -3.70. The molecule has 0 fully saturated rings. The first-order valence-electron chi connectivity index (χ1n) is 2.12. The Balaban J connectivity index is 3.42. The quantitative estimate of drug-likeness (QED) is 0.500. The summed E-state index contributed by atoms with van der Waals surface area (Å²) in [4.78, 5) is 0. The van der Waals surface area contributed by atoms with Crippen molar-refractivity contribution in [3.05, 3.63) is 0 Å². The molecule has 0 aromatic carbocycles. The van der Waals surface area contributed by atoms with Crippen molar-refractivity contribution >= 4 is 26.1 Å². The van der Waals surface area contributed by atoms with Gasteiger partial charge in [0.05, 0.1) is 0 Å². The van der Waals surface area contributed by atoms with Crippen molar-refractivity contribution < 1.29 is 13.0 Å². The maximum atomic E-state index is 9.94. The summed E-state index contributed by atoms with van der Waals surface area (Å²) in [7, 11) is -3.70. The van der Waals surface area contributed by atoms with Crippen molar-refractivity contribution in [2.45, 2.75) is 11.7 Å². The van der Waals surface area contributed by atoms with Crippen LogP contribution in [0.5, 0.6) is 0 Å². The molecule has 0 heterocycles. The molecular formula is C3H8O3SSe. The Morgan fingerprint density at radius 3 is 2.12 bits per heavy atom. The molecule has 0 saturated heterocycles. The second-order valence-electron chi connectivity index (χ2n) is 1.36. The van der Waals surface area contributed by atoms with Crippen molar-refractivity contribution in [3.63, 3.8) is 0 Å². The van der Waals surface area contributed by atoms with E-state index in [0.717, 1.165) is 5.32 Å². The van der Waals surface area contributed by atoms with Gasteiger partial charge in [0.25, 0.3) is 0 Å². The van der Waals surface area contributed by atoms with Crippen LogP contribution in [0, 0.1) is 0 Å². The van der Waals surface area contributed by atoms with Gasteiger partial charge in [0.1, 0.15) is 0 Å². The Bertz CT molecular complexity index is 139. The van der Waals surface area contributed by atoms with E-state index < -0.39 is 10.1 Å². The van der Waals surface area contributed by atoms with Gasteiger partial charge in [-0.25, -0.2) is 0 Å². The Labute approximate surface area is 57.0 Å². The summed E-state index contributed by atoms with van der Waals surface area (Å²) >= 11 is 2.25. The van der Waals surface area contributed by atoms with E-state index in [1.54, 1.807) is 0 Å². The molecule has 0 aromatic heterocycles. The van der Waals surface area contributed by atoms with Gasteiger partial charge in [-0.05, 0) is 0 Å². The van der Waals surface area contributed by atoms with Crippen molar-refractivity contribution in [1.29, 1.82) is 0 Å². The molecule has 0 saturated carbocycles. The summed E-state index contributed by atoms with van der Waals surface area (Å²) in [6.07, 6.45) is 0.513. The summed E-state index contributed by atoms with van der Waals surface area (Å²) in [6.45, 7) is 0. The molecule has 8 heavy (non-hydrogen) atoms. The third-order valence-corrected chi connectivity index (χ3v) is 2.03. The SMILES string of the molecule is O=S(=O)(O)CCC[SeH]. The van der Waals surface area contributed by atoms with Gasteiger partial charge >= 0.3 is 56.6 Å². The monoisotopic (exact) mass is 204 g/mol. The van der Waals surface area contributed by atoms with Gasteiger partial charge in [0, 0.05) is 0 Å². The first-order valence-corrected chi connectivity index (χ1v) is 5.06. The van der Waals surface area contributed by atoms with Crippen LogP contribution in [0.15, 0.2) is 0 Å². The van der Waals surface area contributed by atoms with Gasteiger partial charge in [0.2, 0.25) is 0 Å². The first kappa shape index (κ1) is 8.43. The molecule has 0 aliphatic carbocycles. The Kier molecular flexibility index (Phi) is 3.64. The van der Waals surface area contributed by atoms with Crippen LogP contribution in [0.1, 0.15) is 6.42 Å². The Morgan fingerprint density at radius 1 is 1.50 bits per heavy atom. The predicted octanol–water partition coefficient (Wildman–Crippen LogP) is -0.417. The van der Waals surface area contributed by atoms with Crippen LogP contribution in [-0.2, 0) is 10.1 Å². The molecule has 0 radical (unpaired) electrons. The fraction of sp³-hybridized carbons (Fsp3) is 1.00. The molecule has 0 unspecified atom stereocenters. The summed E-state index contributed by atoms with van der Waals surface area (Å²) in [6, 6.07) is 0. The van der Waals surface area contributed by atoms with E-state index in [1.165, 1.54) is 0 Å². The molecule has 0 amide bonds. The van der Waals surface area contributed by atoms with Gasteiger partial charge in [-0.3, -0.25) is 0 Å². The molecular weight excluding hydrogens is 195 g/mol. The van der Waals surface area contributed by atoms with E-state index in [4.69, 9.17) is 4.55 Å². The normalized spacial score (nSPS) is 11.8. The summed E-state index contributed by atoms with van der Waals surface area (Å²) in [5, 5.41) is 0.729. The molecule has 0 spiro atoms. The summed E-state index contributed by atoms with van der Waals surface area (Å²) < 4.78 is 28.0. The van der Waals surface area contributed by atoms with Crippen molar-refractivity contribution in [1.82, 2.24) is 0 Å². The van der Waals surface area contributed by atoms with Gasteiger partial charge < -0.3 is 0 Å². The molecule has 5 heteroatoms. The number of hydrogen-bond donors (Lipinski definition) is 1. The second-order valence-corrected chi connectivity index (χ2v) is 3.87. The standard InChI is InChI=1S/C3H8O3SSe/c4-7(5,6)2-1-3-8/h8H,1-3H2,(H,4,5,6). The molecule has 1 N–H and O–H groups in total. The van der Waals surface area contributed by atoms with Crippen LogP contribution in [0.3, 0.4) is 0 Å². The molecule has 0 aromatic rings. The Hall–Kier alpha value is 0.429. The summed E-state index contributed by atoms with van der Waals surface area (Å²) in [5.41, 5.74) is 0. The van der Waals surface area contributed by atoms with Crippen LogP contribution in [0.4, 0.5) is 0 Å². The fourth-order valence-corrected chi connectivity index (χ4v) is 1.55. The summed E-state index contributed by atoms with van der Waals surface area (Å²) in [5.74, 6) is -0.123. The minimum absolute atomic E-state index is 0.123. The zero-order chi connectivity index (χ0) is 6.62. The van der Waals surface area contributed by atoms with Crippen molar-refractivity contribution in [3.8, 4) is 0 Å². The van der Waals surface area contributed by atoms with Gasteiger partial charge in [0.15, 0.2) is 0 Å². The second kappa shape index (κ2) is 3.45. The molecule has 3 nitrogen and oxygen atoms in total. The molecule has 0 aliphatic heterocycles. The molecule has 0 rings (SSSR count). The molecule has 0 aliphatic rings. The van der Waals surface area contributed by atoms with Crippen molar-refractivity contribution in [2.75, 3.05) is 5.75 Å². The van der Waals surface area contributed by atoms with Crippen LogP contribution < -0.4 is 0 Å². The van der Waals surface area contributed by atoms with E-state index >= 15 is 0 Å². The number of rotatable bonds is 3. The van der Waals surface area contributed by atoms with Crippen LogP contribution in [0.2, 0.25) is 5.32 Å². The van der Waals surface area contributed by atoms with Crippen LogP contribution in [0.25, 0.3) is 0 Å². The predicted molar refractivity (Wildman–Crippen MR) is 33.0 cm³/mol. The van der Waals surface area contributed by atoms with E-state index in [9.17, 15) is 8.42 Å². The van der Waals surface area contributed by atoms with Crippen LogP contribution >= 0.6 is 0 Å². The zero-order valence-corrected chi connectivity index (χ0v) is 6.93. The maximum absolute atomic E-state index is 9.94. The average Bonchev–Trinajstić information content (AvgIpc) is 1.59. The third kappa shape index (κ3) is 6.43. The average molecular weight is 203 g/mol. The van der Waals surface area contributed by atoms with E-state index in [2.05, 4.69) is 16.0 Å². The Morgan fingerprint density at radius 2 is 2.00 bits per heavy atom. The van der Waals surface area contributed by atoms with E-state index in [-0.39, 0.29) is 5.75 Å². The topological polar surface area (TPSA) is 54.4 Å². The van der Waals surface area contributed by atoms with Gasteiger partial charge in [-0.1, -0.05) is 0 Å². The number of hydrogen-bond acceptors (Lipinski definition) is 2. The first-order chi connectivity index (χ1) is 3.56. The van der Waals surface area contributed by atoms with Crippen molar-refractivity contribution in [2.24, 2.45) is 0 Å². The molecule has 0 atom stereocenters. The molecule has 50 valence electrons. The van der Waals surface area contributed by atoms with E-state index in [0.29, 0.717) is 6.42 Å². The zero-order valence-electron chi connectivity index (χ0n) is 4.24. The van der Waals surface area contributed by atoms with Gasteiger partial charge in [-0.15, -0.1) is 0 Å². The fourth-order valence-electron chi connectivity index (χ4n) is 0.247. The van der Waals surface area contributed by atoms with E-state index in [1.807, 2.05) is 0 Å². The third-order valence-electron chi connectivity index (χ3n) is 0.560. The molecule has 0 bridgehead atoms. The van der Waals surface area contributed by atoms with Gasteiger partial charge in [-0.2, -0.15) is 0 Å².